The number of aromatic nitrogens is 1. The van der Waals surface area contributed by atoms with Crippen molar-refractivity contribution in [3.05, 3.63) is 95.0 Å². The highest BCUT2D eigenvalue weighted by Crippen LogP contribution is 2.29. The van der Waals surface area contributed by atoms with Gasteiger partial charge in [0, 0.05) is 21.7 Å². The molecule has 0 spiro atoms. The normalized spacial score (nSPS) is 11.4. The summed E-state index contributed by atoms with van der Waals surface area (Å²) in [7, 11) is 0. The molecule has 0 saturated heterocycles. The fraction of sp³-hybridized carbons (Fsp3) is 0.214. The van der Waals surface area contributed by atoms with Crippen LogP contribution in [0.5, 0.6) is 0 Å². The SMILES string of the molecule is Cc1ccc2nc(-c3ccccc3)cc(CN(C(=O)OC(C)(C)C)c3ccc(Cl)cc3)c2c1. The molecule has 0 aliphatic carbocycles. The number of rotatable bonds is 4. The third-order valence-electron chi connectivity index (χ3n) is 5.20. The van der Waals surface area contributed by atoms with Gasteiger partial charge < -0.3 is 4.74 Å². The fourth-order valence-corrected chi connectivity index (χ4v) is 3.79. The van der Waals surface area contributed by atoms with E-state index in [-0.39, 0.29) is 0 Å². The maximum Gasteiger partial charge on any atom is 0.415 e. The zero-order chi connectivity index (χ0) is 23.6. The van der Waals surface area contributed by atoms with Gasteiger partial charge in [-0.15, -0.1) is 0 Å². The topological polar surface area (TPSA) is 42.4 Å². The first-order valence-electron chi connectivity index (χ1n) is 10.9. The average Bonchev–Trinajstić information content (AvgIpc) is 2.77. The van der Waals surface area contributed by atoms with Gasteiger partial charge in [-0.3, -0.25) is 4.90 Å². The van der Waals surface area contributed by atoms with E-state index in [1.54, 1.807) is 17.0 Å². The molecule has 0 radical (unpaired) electrons. The second-order valence-corrected chi connectivity index (χ2v) is 9.53. The molecule has 4 rings (SSSR count). The van der Waals surface area contributed by atoms with Gasteiger partial charge in [-0.05, 0) is 75.7 Å². The third-order valence-corrected chi connectivity index (χ3v) is 5.45. The van der Waals surface area contributed by atoms with Gasteiger partial charge in [0.1, 0.15) is 5.60 Å². The first kappa shape index (κ1) is 22.8. The number of anilines is 1. The van der Waals surface area contributed by atoms with Crippen molar-refractivity contribution in [2.24, 2.45) is 0 Å². The van der Waals surface area contributed by atoms with Gasteiger partial charge in [0.15, 0.2) is 0 Å². The number of pyridine rings is 1. The van der Waals surface area contributed by atoms with Gasteiger partial charge in [0.25, 0.3) is 0 Å². The number of hydrogen-bond donors (Lipinski definition) is 0. The number of carbonyl (C=O) groups excluding carboxylic acids is 1. The molecule has 168 valence electrons. The van der Waals surface area contributed by atoms with Crippen LogP contribution in [0.1, 0.15) is 31.9 Å². The minimum atomic E-state index is -0.617. The molecule has 0 aliphatic rings. The van der Waals surface area contributed by atoms with Crippen LogP contribution in [0.3, 0.4) is 0 Å². The van der Waals surface area contributed by atoms with Crippen LogP contribution in [0, 0.1) is 6.92 Å². The van der Waals surface area contributed by atoms with Crippen LogP contribution in [0.15, 0.2) is 78.9 Å². The highest BCUT2D eigenvalue weighted by atomic mass is 35.5. The summed E-state index contributed by atoms with van der Waals surface area (Å²) in [5, 5.41) is 1.62. The Hall–Kier alpha value is -3.37. The Morgan fingerprint density at radius 2 is 1.67 bits per heavy atom. The molecule has 0 saturated carbocycles. The molecule has 4 aromatic rings. The second kappa shape index (κ2) is 9.24. The van der Waals surface area contributed by atoms with Crippen molar-refractivity contribution in [1.82, 2.24) is 4.98 Å². The zero-order valence-electron chi connectivity index (χ0n) is 19.3. The van der Waals surface area contributed by atoms with Gasteiger partial charge >= 0.3 is 6.09 Å². The van der Waals surface area contributed by atoms with Crippen LogP contribution in [0.2, 0.25) is 5.02 Å². The molecule has 1 aromatic heterocycles. The summed E-state index contributed by atoms with van der Waals surface area (Å²) in [4.78, 5) is 19.8. The van der Waals surface area contributed by atoms with Crippen molar-refractivity contribution in [3.63, 3.8) is 0 Å². The Labute approximate surface area is 199 Å². The van der Waals surface area contributed by atoms with Crippen molar-refractivity contribution in [1.29, 1.82) is 0 Å². The molecular weight excluding hydrogens is 432 g/mol. The van der Waals surface area contributed by atoms with E-state index in [9.17, 15) is 4.79 Å². The Balaban J connectivity index is 1.84. The summed E-state index contributed by atoms with van der Waals surface area (Å²) in [6.45, 7) is 7.98. The van der Waals surface area contributed by atoms with Gasteiger partial charge in [-0.25, -0.2) is 9.78 Å². The van der Waals surface area contributed by atoms with Crippen molar-refractivity contribution in [2.45, 2.75) is 39.8 Å². The quantitative estimate of drug-likeness (QED) is 0.313. The van der Waals surface area contributed by atoms with Crippen molar-refractivity contribution >= 4 is 34.3 Å². The first-order chi connectivity index (χ1) is 15.7. The van der Waals surface area contributed by atoms with E-state index in [0.29, 0.717) is 17.3 Å². The van der Waals surface area contributed by atoms with Gasteiger partial charge in [-0.2, -0.15) is 0 Å². The van der Waals surface area contributed by atoms with Crippen molar-refractivity contribution < 1.29 is 9.53 Å². The molecule has 0 fully saturated rings. The van der Waals surface area contributed by atoms with E-state index >= 15 is 0 Å². The number of carbonyl (C=O) groups is 1. The monoisotopic (exact) mass is 458 g/mol. The number of aryl methyl sites for hydroxylation is 1. The third kappa shape index (κ3) is 5.52. The van der Waals surface area contributed by atoms with E-state index in [2.05, 4.69) is 25.1 Å². The molecular formula is C28H27ClN2O2. The molecule has 0 unspecified atom stereocenters. The van der Waals surface area contributed by atoms with E-state index < -0.39 is 11.7 Å². The Kier molecular flexibility index (Phi) is 6.39. The molecule has 1 heterocycles. The molecule has 0 atom stereocenters. The minimum absolute atomic E-state index is 0.332. The lowest BCUT2D eigenvalue weighted by Gasteiger charge is -2.28. The summed E-state index contributed by atoms with van der Waals surface area (Å²) in [6.07, 6.45) is -0.413. The predicted octanol–water partition coefficient (Wildman–Crippen LogP) is 7.81. The zero-order valence-corrected chi connectivity index (χ0v) is 20.1. The van der Waals surface area contributed by atoms with Gasteiger partial charge in [0.2, 0.25) is 0 Å². The van der Waals surface area contributed by atoms with E-state index in [0.717, 1.165) is 33.3 Å². The molecule has 33 heavy (non-hydrogen) atoms. The summed E-state index contributed by atoms with van der Waals surface area (Å²) in [5.41, 5.74) is 4.99. The Morgan fingerprint density at radius 1 is 0.970 bits per heavy atom. The Morgan fingerprint density at radius 3 is 2.33 bits per heavy atom. The average molecular weight is 459 g/mol. The van der Waals surface area contributed by atoms with Crippen LogP contribution in [0.4, 0.5) is 10.5 Å². The predicted molar refractivity (Wildman–Crippen MR) is 136 cm³/mol. The number of nitrogens with zero attached hydrogens (tertiary/aromatic N) is 2. The summed E-state index contributed by atoms with van der Waals surface area (Å²) < 4.78 is 5.75. The lowest BCUT2D eigenvalue weighted by atomic mass is 10.0. The lowest BCUT2D eigenvalue weighted by Crippen LogP contribution is -2.36. The number of amides is 1. The number of fused-ring (bicyclic) bond motifs is 1. The van der Waals surface area contributed by atoms with Crippen LogP contribution >= 0.6 is 11.6 Å². The molecule has 0 aliphatic heterocycles. The van der Waals surface area contributed by atoms with Crippen LogP contribution < -0.4 is 4.90 Å². The highest BCUT2D eigenvalue weighted by molar-refractivity contribution is 6.30. The van der Waals surface area contributed by atoms with Crippen LogP contribution in [-0.4, -0.2) is 16.7 Å². The highest BCUT2D eigenvalue weighted by Gasteiger charge is 2.25. The van der Waals surface area contributed by atoms with E-state index in [4.69, 9.17) is 21.3 Å². The standard InChI is InChI=1S/C28H27ClN2O2/c1-19-10-15-25-24(16-19)21(17-26(30-25)20-8-6-5-7-9-20)18-31(27(32)33-28(2,3)4)23-13-11-22(29)12-14-23/h5-17H,18H2,1-4H3. The lowest BCUT2D eigenvalue weighted by molar-refractivity contribution is 0.0577. The summed E-state index contributed by atoms with van der Waals surface area (Å²) >= 11 is 6.10. The molecule has 0 N–H and O–H groups in total. The maximum absolute atomic E-state index is 13.3. The van der Waals surface area contributed by atoms with Crippen LogP contribution in [-0.2, 0) is 11.3 Å². The number of halogens is 1. The van der Waals surface area contributed by atoms with Crippen molar-refractivity contribution in [3.8, 4) is 11.3 Å². The summed E-state index contributed by atoms with van der Waals surface area (Å²) in [5.74, 6) is 0. The summed E-state index contributed by atoms with van der Waals surface area (Å²) in [6, 6.07) is 25.5. The van der Waals surface area contributed by atoms with Crippen LogP contribution in [0.25, 0.3) is 22.2 Å². The molecule has 3 aromatic carbocycles. The largest absolute Gasteiger partial charge is 0.443 e. The second-order valence-electron chi connectivity index (χ2n) is 9.10. The van der Waals surface area contributed by atoms with E-state index in [1.807, 2.05) is 69.3 Å². The molecule has 1 amide bonds. The Bertz CT molecular complexity index is 1280. The maximum atomic E-state index is 13.3. The molecule has 0 bridgehead atoms. The van der Waals surface area contributed by atoms with Gasteiger partial charge in [0.05, 0.1) is 17.8 Å². The molecule has 5 heteroatoms. The number of hydrogen-bond acceptors (Lipinski definition) is 3. The molecule has 4 nitrogen and oxygen atoms in total. The van der Waals surface area contributed by atoms with E-state index in [1.165, 1.54) is 0 Å². The van der Waals surface area contributed by atoms with Crippen molar-refractivity contribution in [2.75, 3.05) is 4.90 Å². The number of benzene rings is 3. The minimum Gasteiger partial charge on any atom is -0.443 e. The smallest absolute Gasteiger partial charge is 0.415 e. The fourth-order valence-electron chi connectivity index (χ4n) is 3.67. The number of ether oxygens (including phenoxy) is 1. The first-order valence-corrected chi connectivity index (χ1v) is 11.3. The van der Waals surface area contributed by atoms with Gasteiger partial charge in [-0.1, -0.05) is 53.6 Å².